The van der Waals surface area contributed by atoms with Crippen molar-refractivity contribution in [1.29, 1.82) is 0 Å². The summed E-state index contributed by atoms with van der Waals surface area (Å²) in [5.74, 6) is 0.592. The number of halogens is 2. The van der Waals surface area contributed by atoms with E-state index in [9.17, 15) is 5.11 Å². The Hall–Kier alpha value is -1.29. The lowest BCUT2D eigenvalue weighted by molar-refractivity contribution is 0.306. The quantitative estimate of drug-likeness (QED) is 0.759. The summed E-state index contributed by atoms with van der Waals surface area (Å²) in [6.07, 6.45) is 2.96. The highest BCUT2D eigenvalue weighted by atomic mass is 79.9. The van der Waals surface area contributed by atoms with Crippen molar-refractivity contribution in [3.05, 3.63) is 76.3 Å². The van der Waals surface area contributed by atoms with Crippen LogP contribution in [0.5, 0.6) is 5.75 Å². The van der Waals surface area contributed by atoms with Gasteiger partial charge in [-0.1, -0.05) is 36.4 Å². The number of phenolic OH excluding ortho intramolecular Hbond substituents is 1. The fourth-order valence-corrected chi connectivity index (χ4v) is 3.60. The fraction of sp³-hybridized carbons (Fsp3) is 0.263. The van der Waals surface area contributed by atoms with Crippen LogP contribution in [0.25, 0.3) is 0 Å². The Kier molecular flexibility index (Phi) is 6.28. The monoisotopic (exact) mass is 393 g/mol. The van der Waals surface area contributed by atoms with E-state index < -0.39 is 0 Å². The molecule has 0 saturated heterocycles. The Morgan fingerprint density at radius 1 is 1.26 bits per heavy atom. The number of rotatable bonds is 3. The topological polar surface area (TPSA) is 23.5 Å². The van der Waals surface area contributed by atoms with Gasteiger partial charge in [-0.05, 0) is 51.2 Å². The molecule has 1 heterocycles. The van der Waals surface area contributed by atoms with E-state index in [0.29, 0.717) is 5.75 Å². The molecule has 0 amide bonds. The summed E-state index contributed by atoms with van der Waals surface area (Å²) >= 11 is 3.44. The van der Waals surface area contributed by atoms with E-state index in [1.165, 1.54) is 16.7 Å². The first-order valence-electron chi connectivity index (χ1n) is 7.58. The molecule has 122 valence electrons. The van der Waals surface area contributed by atoms with Gasteiger partial charge in [-0.15, -0.1) is 19.0 Å². The molecule has 2 aromatic carbocycles. The molecule has 0 saturated carbocycles. The van der Waals surface area contributed by atoms with E-state index in [2.05, 4.69) is 57.7 Å². The predicted molar refractivity (Wildman–Crippen MR) is 102 cm³/mol. The lowest BCUT2D eigenvalue weighted by Gasteiger charge is -2.24. The van der Waals surface area contributed by atoms with Gasteiger partial charge in [0.2, 0.25) is 0 Å². The Bertz CT molecular complexity index is 675. The Labute approximate surface area is 152 Å². The molecule has 3 rings (SSSR count). The average molecular weight is 395 g/mol. The average Bonchev–Trinajstić information content (AvgIpc) is 2.70. The number of nitrogens with zero attached hydrogens (tertiary/aromatic N) is 1. The Morgan fingerprint density at radius 3 is 2.70 bits per heavy atom. The molecule has 0 aromatic heterocycles. The molecule has 0 bridgehead atoms. The first kappa shape index (κ1) is 18.1. The van der Waals surface area contributed by atoms with Crippen LogP contribution in [0, 0.1) is 0 Å². The van der Waals surface area contributed by atoms with Crippen molar-refractivity contribution in [1.82, 2.24) is 4.90 Å². The van der Waals surface area contributed by atoms with E-state index in [4.69, 9.17) is 0 Å². The van der Waals surface area contributed by atoms with Crippen molar-refractivity contribution < 1.29 is 5.11 Å². The van der Waals surface area contributed by atoms with Gasteiger partial charge in [0.25, 0.3) is 0 Å². The van der Waals surface area contributed by atoms with Crippen LogP contribution in [0.2, 0.25) is 0 Å². The Morgan fingerprint density at radius 2 is 2.00 bits per heavy atom. The summed E-state index contributed by atoms with van der Waals surface area (Å²) in [5, 5.41) is 10.1. The zero-order valence-corrected chi connectivity index (χ0v) is 15.3. The van der Waals surface area contributed by atoms with Crippen LogP contribution in [0.15, 0.2) is 59.6 Å². The smallest absolute Gasteiger partial charge is 0.130 e. The predicted octanol–water partition coefficient (Wildman–Crippen LogP) is 4.75. The minimum absolute atomic E-state index is 0. The largest absolute Gasteiger partial charge is 0.507 e. The number of benzene rings is 2. The summed E-state index contributed by atoms with van der Waals surface area (Å²) in [6.45, 7) is 6.73. The van der Waals surface area contributed by atoms with Crippen molar-refractivity contribution in [3.63, 3.8) is 0 Å². The zero-order chi connectivity index (χ0) is 15.5. The van der Waals surface area contributed by atoms with Crippen molar-refractivity contribution in [2.45, 2.75) is 12.3 Å². The summed E-state index contributed by atoms with van der Waals surface area (Å²) in [5.41, 5.74) is 3.84. The molecular weight excluding hydrogens is 374 g/mol. The SMILES string of the molecule is C=CCN1CCc2cc(Br)c(O)cc2C(c2ccccc2)C1.Cl. The first-order valence-corrected chi connectivity index (χ1v) is 8.38. The van der Waals surface area contributed by atoms with Gasteiger partial charge in [-0.25, -0.2) is 0 Å². The van der Waals surface area contributed by atoms with E-state index >= 15 is 0 Å². The molecule has 0 spiro atoms. The van der Waals surface area contributed by atoms with E-state index in [-0.39, 0.29) is 18.3 Å². The van der Waals surface area contributed by atoms with Gasteiger partial charge in [0.1, 0.15) is 5.75 Å². The van der Waals surface area contributed by atoms with Crippen molar-refractivity contribution in [2.24, 2.45) is 0 Å². The highest BCUT2D eigenvalue weighted by Gasteiger charge is 2.25. The van der Waals surface area contributed by atoms with Crippen LogP contribution in [0.1, 0.15) is 22.6 Å². The maximum atomic E-state index is 10.1. The van der Waals surface area contributed by atoms with Crippen LogP contribution in [-0.4, -0.2) is 29.6 Å². The fourth-order valence-electron chi connectivity index (χ4n) is 3.21. The van der Waals surface area contributed by atoms with Crippen LogP contribution in [-0.2, 0) is 6.42 Å². The van der Waals surface area contributed by atoms with E-state index in [1.54, 1.807) is 0 Å². The number of hydrogen-bond acceptors (Lipinski definition) is 2. The standard InChI is InChI=1S/C19H20BrNO.ClH/c1-2-9-21-10-8-15-11-18(20)19(22)12-16(15)17(13-21)14-6-4-3-5-7-14;/h2-7,11-12,17,22H,1,8-10,13H2;1H. The van der Waals surface area contributed by atoms with Crippen LogP contribution >= 0.6 is 28.3 Å². The summed E-state index contributed by atoms with van der Waals surface area (Å²) in [4.78, 5) is 2.43. The van der Waals surface area contributed by atoms with Gasteiger partial charge in [-0.3, -0.25) is 4.90 Å². The second-order valence-corrected chi connectivity index (χ2v) is 6.62. The molecule has 0 fully saturated rings. The normalized spacial score (nSPS) is 17.7. The molecule has 1 aliphatic rings. The van der Waals surface area contributed by atoms with Gasteiger partial charge in [0.15, 0.2) is 0 Å². The molecular formula is C19H21BrClNO. The third-order valence-electron chi connectivity index (χ3n) is 4.31. The molecule has 1 atom stereocenters. The molecule has 1 aliphatic heterocycles. The second kappa shape index (κ2) is 8.00. The molecule has 4 heteroatoms. The maximum Gasteiger partial charge on any atom is 0.130 e. The summed E-state index contributed by atoms with van der Waals surface area (Å²) in [7, 11) is 0. The molecule has 0 aliphatic carbocycles. The lowest BCUT2D eigenvalue weighted by atomic mass is 9.88. The Balaban J connectivity index is 0.00000192. The van der Waals surface area contributed by atoms with Crippen molar-refractivity contribution in [2.75, 3.05) is 19.6 Å². The molecule has 1 N–H and O–H groups in total. The number of aromatic hydroxyl groups is 1. The van der Waals surface area contributed by atoms with Gasteiger partial charge in [-0.2, -0.15) is 0 Å². The summed E-state index contributed by atoms with van der Waals surface area (Å²) < 4.78 is 0.773. The number of hydrogen-bond donors (Lipinski definition) is 1. The molecule has 1 unspecified atom stereocenters. The third-order valence-corrected chi connectivity index (χ3v) is 4.95. The first-order chi connectivity index (χ1) is 10.7. The molecule has 2 aromatic rings. The van der Waals surface area contributed by atoms with Crippen molar-refractivity contribution in [3.8, 4) is 5.75 Å². The van der Waals surface area contributed by atoms with Crippen molar-refractivity contribution >= 4 is 28.3 Å². The van der Waals surface area contributed by atoms with E-state index in [1.807, 2.05) is 18.2 Å². The summed E-state index contributed by atoms with van der Waals surface area (Å²) in [6, 6.07) is 14.5. The van der Waals surface area contributed by atoms with Gasteiger partial charge < -0.3 is 5.11 Å². The van der Waals surface area contributed by atoms with Gasteiger partial charge >= 0.3 is 0 Å². The van der Waals surface area contributed by atoms with Crippen LogP contribution < -0.4 is 0 Å². The zero-order valence-electron chi connectivity index (χ0n) is 12.9. The van der Waals surface area contributed by atoms with Gasteiger partial charge in [0.05, 0.1) is 4.47 Å². The highest BCUT2D eigenvalue weighted by molar-refractivity contribution is 9.10. The maximum absolute atomic E-state index is 10.1. The third kappa shape index (κ3) is 3.97. The van der Waals surface area contributed by atoms with Crippen LogP contribution in [0.3, 0.4) is 0 Å². The lowest BCUT2D eigenvalue weighted by Crippen LogP contribution is -2.28. The highest BCUT2D eigenvalue weighted by Crippen LogP contribution is 2.36. The van der Waals surface area contributed by atoms with Gasteiger partial charge in [0, 0.05) is 25.6 Å². The minimum Gasteiger partial charge on any atom is -0.507 e. The minimum atomic E-state index is 0. The van der Waals surface area contributed by atoms with E-state index in [0.717, 1.165) is 30.5 Å². The van der Waals surface area contributed by atoms with Crippen LogP contribution in [0.4, 0.5) is 0 Å². The molecule has 2 nitrogen and oxygen atoms in total. The number of phenols is 1. The number of fused-ring (bicyclic) bond motifs is 1. The molecule has 0 radical (unpaired) electrons. The second-order valence-electron chi connectivity index (χ2n) is 5.76. The molecule has 23 heavy (non-hydrogen) atoms.